The zero-order valence-corrected chi connectivity index (χ0v) is 19.5. The van der Waals surface area contributed by atoms with E-state index in [0.717, 1.165) is 44.5 Å². The molecule has 0 saturated heterocycles. The quantitative estimate of drug-likeness (QED) is 0.217. The number of benzene rings is 1. The van der Waals surface area contributed by atoms with Gasteiger partial charge in [-0.3, -0.25) is 4.79 Å². The fraction of sp³-hybridized carbons (Fsp3) is 0.417. The van der Waals surface area contributed by atoms with Crippen molar-refractivity contribution >= 4 is 40.6 Å². The van der Waals surface area contributed by atoms with E-state index >= 15 is 0 Å². The first-order chi connectivity index (χ1) is 16.0. The van der Waals surface area contributed by atoms with Gasteiger partial charge in [0.25, 0.3) is 11.6 Å². The molecule has 0 atom stereocenters. The first kappa shape index (κ1) is 25.3. The Hall–Kier alpha value is -3.98. The summed E-state index contributed by atoms with van der Waals surface area (Å²) in [5, 5.41) is 11.3. The first-order valence-corrected chi connectivity index (χ1v) is 11.0. The normalized spacial score (nSPS) is 10.6. The number of carbonyl (C=O) groups is 1. The smallest absolute Gasteiger partial charge is 0.373 e. The number of hydrogen-bond acceptors (Lipinski definition) is 5. The van der Waals surface area contributed by atoms with Crippen molar-refractivity contribution in [1.29, 1.82) is 0 Å². The van der Waals surface area contributed by atoms with Gasteiger partial charge in [-0.2, -0.15) is 0 Å². The molecule has 9 heteroatoms. The molecule has 2 rings (SSSR count). The number of carbonyl (C=O) groups excluding carboxylic acids is 1. The largest absolute Gasteiger partial charge is 0.417 e. The molecule has 0 radical (unpaired) electrons. The molecule has 0 aliphatic rings. The molecule has 0 aliphatic carbocycles. The third-order valence-electron chi connectivity index (χ3n) is 4.89. The molecule has 0 saturated carbocycles. The average Bonchev–Trinajstić information content (AvgIpc) is 3.14. The van der Waals surface area contributed by atoms with Crippen LogP contribution in [0.25, 0.3) is 9.69 Å². The standard InChI is InChI=1S/C24H30N8O/c1-7-10-15-31(16-11-8-2)19-12-13-20(21(17-19)27-18(4)33)29-30-24-28-22(25-5)23(26-6)32(24)14-9-3/h9,12-13,17H,3,7-8,10-11,14-16H2,1-2,4H3,(H,27,33). The van der Waals surface area contributed by atoms with E-state index in [9.17, 15) is 4.79 Å². The zero-order chi connectivity index (χ0) is 24.2. The highest BCUT2D eigenvalue weighted by molar-refractivity contribution is 5.93. The summed E-state index contributed by atoms with van der Waals surface area (Å²) in [5.41, 5.74) is 2.01. The van der Waals surface area contributed by atoms with Gasteiger partial charge in [0.1, 0.15) is 5.69 Å². The third-order valence-corrected chi connectivity index (χ3v) is 4.89. The average molecular weight is 447 g/mol. The topological polar surface area (TPSA) is 83.6 Å². The Labute approximate surface area is 195 Å². The number of allylic oxidation sites excluding steroid dienone is 1. The van der Waals surface area contributed by atoms with Gasteiger partial charge >= 0.3 is 5.95 Å². The number of nitrogens with one attached hydrogen (secondary N) is 1. The molecule has 1 amide bonds. The molecule has 0 bridgehead atoms. The second-order valence-electron chi connectivity index (χ2n) is 7.46. The van der Waals surface area contributed by atoms with Gasteiger partial charge in [0.15, 0.2) is 0 Å². The van der Waals surface area contributed by atoms with E-state index in [1.165, 1.54) is 11.5 Å². The van der Waals surface area contributed by atoms with E-state index in [2.05, 4.69) is 55.5 Å². The number of aromatic nitrogens is 2. The van der Waals surface area contributed by atoms with E-state index in [1.54, 1.807) is 12.1 Å². The predicted molar refractivity (Wildman–Crippen MR) is 132 cm³/mol. The van der Waals surface area contributed by atoms with Gasteiger partial charge in [0, 0.05) is 25.7 Å². The van der Waals surface area contributed by atoms with Gasteiger partial charge in [-0.1, -0.05) is 62.6 Å². The Bertz CT molecular complexity index is 1080. The minimum absolute atomic E-state index is 0.0271. The van der Waals surface area contributed by atoms with Crippen molar-refractivity contribution < 1.29 is 4.79 Å². The number of nitrogens with zero attached hydrogens (tertiary/aromatic N) is 7. The molecule has 0 aliphatic heterocycles. The van der Waals surface area contributed by atoms with Crippen LogP contribution in [0.1, 0.15) is 46.5 Å². The molecule has 0 fully saturated rings. The lowest BCUT2D eigenvalue weighted by Gasteiger charge is -2.25. The lowest BCUT2D eigenvalue weighted by molar-refractivity contribution is -0.114. The third kappa shape index (κ3) is 6.75. The lowest BCUT2D eigenvalue weighted by atomic mass is 10.2. The van der Waals surface area contributed by atoms with Crippen LogP contribution in [0.5, 0.6) is 0 Å². The highest BCUT2D eigenvalue weighted by Crippen LogP contribution is 2.35. The molecule has 0 unspecified atom stereocenters. The Morgan fingerprint density at radius 1 is 1.21 bits per heavy atom. The SMILES string of the molecule is [C-]#[N+]c1nc(N=Nc2ccc(N(CCCC)CCCC)cc2NC(C)=O)n(CC=C)c1[N+]#[C-]. The molecular weight excluding hydrogens is 416 g/mol. The summed E-state index contributed by atoms with van der Waals surface area (Å²) in [7, 11) is 0. The molecule has 2 aromatic rings. The maximum absolute atomic E-state index is 11.8. The Kier molecular flexibility index (Phi) is 9.79. The van der Waals surface area contributed by atoms with Crippen LogP contribution in [0, 0.1) is 13.1 Å². The maximum Gasteiger partial charge on any atom is 0.417 e. The molecule has 1 N–H and O–H groups in total. The highest BCUT2D eigenvalue weighted by Gasteiger charge is 2.21. The molecule has 9 nitrogen and oxygen atoms in total. The van der Waals surface area contributed by atoms with Gasteiger partial charge in [0.05, 0.1) is 12.2 Å². The number of rotatable bonds is 12. The fourth-order valence-electron chi connectivity index (χ4n) is 3.24. The predicted octanol–water partition coefficient (Wildman–Crippen LogP) is 6.95. The van der Waals surface area contributed by atoms with E-state index < -0.39 is 0 Å². The van der Waals surface area contributed by atoms with E-state index in [0.29, 0.717) is 11.4 Å². The van der Waals surface area contributed by atoms with Crippen LogP contribution >= 0.6 is 0 Å². The van der Waals surface area contributed by atoms with Crippen molar-refractivity contribution in [2.24, 2.45) is 10.2 Å². The minimum atomic E-state index is -0.212. The van der Waals surface area contributed by atoms with Crippen LogP contribution in [-0.4, -0.2) is 28.5 Å². The van der Waals surface area contributed by atoms with Crippen LogP contribution in [0.3, 0.4) is 0 Å². The van der Waals surface area contributed by atoms with E-state index in [4.69, 9.17) is 13.1 Å². The lowest BCUT2D eigenvalue weighted by Crippen LogP contribution is -2.25. The van der Waals surface area contributed by atoms with Crippen molar-refractivity contribution in [3.63, 3.8) is 0 Å². The number of unbranched alkanes of at least 4 members (excludes halogenated alkanes) is 2. The summed E-state index contributed by atoms with van der Waals surface area (Å²) in [4.78, 5) is 25.0. The van der Waals surface area contributed by atoms with Crippen LogP contribution in [0.2, 0.25) is 0 Å². The fourth-order valence-corrected chi connectivity index (χ4v) is 3.24. The van der Waals surface area contributed by atoms with Gasteiger partial charge in [0.2, 0.25) is 5.91 Å². The van der Waals surface area contributed by atoms with Crippen LogP contribution in [0.15, 0.2) is 41.1 Å². The van der Waals surface area contributed by atoms with Crippen LogP contribution in [-0.2, 0) is 11.3 Å². The van der Waals surface area contributed by atoms with Gasteiger partial charge in [-0.05, 0) is 31.0 Å². The van der Waals surface area contributed by atoms with Crippen molar-refractivity contribution in [2.75, 3.05) is 23.3 Å². The second kappa shape index (κ2) is 12.8. The monoisotopic (exact) mass is 446 g/mol. The van der Waals surface area contributed by atoms with Crippen LogP contribution < -0.4 is 10.2 Å². The molecule has 0 spiro atoms. The summed E-state index contributed by atoms with van der Waals surface area (Å²) in [5.74, 6) is -0.00669. The van der Waals surface area contributed by atoms with E-state index in [1.807, 2.05) is 12.1 Å². The van der Waals surface area contributed by atoms with Crippen LogP contribution in [0.4, 0.5) is 34.6 Å². The molecular formula is C24H30N8O. The maximum atomic E-state index is 11.8. The van der Waals surface area contributed by atoms with Crippen molar-refractivity contribution in [3.8, 4) is 0 Å². The summed E-state index contributed by atoms with van der Waals surface area (Å²) in [6, 6.07) is 5.68. The Morgan fingerprint density at radius 3 is 2.45 bits per heavy atom. The van der Waals surface area contributed by atoms with Gasteiger partial charge in [-0.15, -0.1) is 5.11 Å². The first-order valence-electron chi connectivity index (χ1n) is 11.0. The number of anilines is 2. The molecule has 1 heterocycles. The number of hydrogen-bond donors (Lipinski definition) is 1. The number of amides is 1. The van der Waals surface area contributed by atoms with Crippen molar-refractivity contribution in [2.45, 2.75) is 53.0 Å². The number of imidazole rings is 1. The molecule has 33 heavy (non-hydrogen) atoms. The highest BCUT2D eigenvalue weighted by atomic mass is 16.1. The van der Waals surface area contributed by atoms with Crippen molar-refractivity contribution in [1.82, 2.24) is 9.55 Å². The summed E-state index contributed by atoms with van der Waals surface area (Å²) in [6.07, 6.45) is 5.97. The molecule has 172 valence electrons. The minimum Gasteiger partial charge on any atom is -0.373 e. The molecule has 1 aromatic carbocycles. The summed E-state index contributed by atoms with van der Waals surface area (Å²) in [6.45, 7) is 26.2. The van der Waals surface area contributed by atoms with Gasteiger partial charge < -0.3 is 19.9 Å². The molecule has 1 aromatic heterocycles. The summed E-state index contributed by atoms with van der Waals surface area (Å²) >= 11 is 0. The van der Waals surface area contributed by atoms with Gasteiger partial charge in [-0.25, -0.2) is 4.57 Å². The Morgan fingerprint density at radius 2 is 1.91 bits per heavy atom. The van der Waals surface area contributed by atoms with E-state index in [-0.39, 0.29) is 30.0 Å². The second-order valence-corrected chi connectivity index (χ2v) is 7.46. The summed E-state index contributed by atoms with van der Waals surface area (Å²) < 4.78 is 1.49. The zero-order valence-electron chi connectivity index (χ0n) is 19.5. The Balaban J connectivity index is 2.46. The van der Waals surface area contributed by atoms with Crippen molar-refractivity contribution in [3.05, 3.63) is 53.7 Å². The number of azo groups is 1.